The number of carbonyl (C=O) groups excluding carboxylic acids is 4. The number of thiol groups is 1. The summed E-state index contributed by atoms with van der Waals surface area (Å²) in [6.45, 7) is 3.04. The van der Waals surface area contributed by atoms with Crippen LogP contribution in [0.4, 0.5) is 0 Å². The summed E-state index contributed by atoms with van der Waals surface area (Å²) in [4.78, 5) is 57.8. The lowest BCUT2D eigenvalue weighted by Crippen LogP contribution is -2.56. The molecule has 11 nitrogen and oxygen atoms in total. The van der Waals surface area contributed by atoms with Crippen LogP contribution in [0.5, 0.6) is 0 Å². The van der Waals surface area contributed by atoms with E-state index in [2.05, 4.69) is 28.6 Å². The third-order valence-electron chi connectivity index (χ3n) is 3.79. The Morgan fingerprint density at radius 3 is 2.15 bits per heavy atom. The van der Waals surface area contributed by atoms with Crippen LogP contribution in [0, 0.1) is 5.92 Å². The third-order valence-corrected chi connectivity index (χ3v) is 4.16. The van der Waals surface area contributed by atoms with Crippen molar-refractivity contribution in [3.05, 3.63) is 0 Å². The summed E-state index contributed by atoms with van der Waals surface area (Å²) in [7, 11) is 0. The molecule has 0 aromatic heterocycles. The van der Waals surface area contributed by atoms with Gasteiger partial charge in [-0.25, -0.2) is 4.79 Å². The molecule has 8 N–H and O–H groups in total. The van der Waals surface area contributed by atoms with Gasteiger partial charge < -0.3 is 32.5 Å². The Bertz CT molecular complexity index is 573. The Morgan fingerprint density at radius 1 is 1.11 bits per heavy atom. The molecule has 0 fully saturated rings. The molecule has 12 heteroatoms. The highest BCUT2D eigenvalue weighted by Gasteiger charge is 2.29. The molecule has 0 saturated heterocycles. The largest absolute Gasteiger partial charge is 0.480 e. The van der Waals surface area contributed by atoms with E-state index in [1.807, 2.05) is 0 Å². The number of aliphatic carboxylic acids is 1. The van der Waals surface area contributed by atoms with Gasteiger partial charge in [-0.15, -0.1) is 0 Å². The summed E-state index contributed by atoms with van der Waals surface area (Å²) in [5, 5.41) is 15.8. The van der Waals surface area contributed by atoms with Crippen molar-refractivity contribution < 1.29 is 29.1 Å². The third kappa shape index (κ3) is 9.24. The molecule has 0 spiro atoms. The summed E-state index contributed by atoms with van der Waals surface area (Å²) in [5.74, 6) is -4.49. The highest BCUT2D eigenvalue weighted by atomic mass is 32.1. The van der Waals surface area contributed by atoms with Gasteiger partial charge in [0, 0.05) is 5.75 Å². The summed E-state index contributed by atoms with van der Waals surface area (Å²) < 4.78 is 0. The minimum absolute atomic E-state index is 0.113. The SMILES string of the molecule is CCC(C)C(NC(=O)C(N)CC(N)=O)C(=O)NCC(=O)NC(CS)C(=O)O. The summed E-state index contributed by atoms with van der Waals surface area (Å²) >= 11 is 3.82. The van der Waals surface area contributed by atoms with Crippen LogP contribution >= 0.6 is 12.6 Å². The van der Waals surface area contributed by atoms with Gasteiger partial charge in [0.05, 0.1) is 19.0 Å². The first-order valence-corrected chi connectivity index (χ1v) is 8.91. The van der Waals surface area contributed by atoms with Crippen molar-refractivity contribution in [1.29, 1.82) is 0 Å². The van der Waals surface area contributed by atoms with Crippen molar-refractivity contribution in [2.45, 2.75) is 44.8 Å². The number of hydrogen-bond donors (Lipinski definition) is 7. The van der Waals surface area contributed by atoms with E-state index in [4.69, 9.17) is 16.6 Å². The van der Waals surface area contributed by atoms with Crippen molar-refractivity contribution in [1.82, 2.24) is 16.0 Å². The van der Waals surface area contributed by atoms with Gasteiger partial charge in [-0.3, -0.25) is 19.2 Å². The molecule has 0 heterocycles. The van der Waals surface area contributed by atoms with Crippen molar-refractivity contribution in [2.75, 3.05) is 12.3 Å². The normalized spacial score (nSPS) is 15.0. The fourth-order valence-electron chi connectivity index (χ4n) is 1.98. The van der Waals surface area contributed by atoms with E-state index in [1.165, 1.54) is 0 Å². The maximum Gasteiger partial charge on any atom is 0.327 e. The molecule has 0 rings (SSSR count). The molecule has 4 atom stereocenters. The second kappa shape index (κ2) is 12.1. The minimum atomic E-state index is -1.25. The molecule has 154 valence electrons. The van der Waals surface area contributed by atoms with Crippen LogP contribution in [0.1, 0.15) is 26.7 Å². The van der Waals surface area contributed by atoms with Crippen LogP contribution in [0.15, 0.2) is 0 Å². The fourth-order valence-corrected chi connectivity index (χ4v) is 2.23. The Balaban J connectivity index is 4.84. The zero-order chi connectivity index (χ0) is 21.1. The predicted octanol–water partition coefficient (Wildman–Crippen LogP) is -2.66. The van der Waals surface area contributed by atoms with Crippen LogP contribution in [0.25, 0.3) is 0 Å². The first kappa shape index (κ1) is 24.7. The quantitative estimate of drug-likeness (QED) is 0.172. The molecule has 0 bridgehead atoms. The molecule has 0 saturated carbocycles. The van der Waals surface area contributed by atoms with E-state index in [9.17, 15) is 24.0 Å². The Morgan fingerprint density at radius 2 is 1.70 bits per heavy atom. The highest BCUT2D eigenvalue weighted by molar-refractivity contribution is 7.80. The van der Waals surface area contributed by atoms with Gasteiger partial charge in [0.25, 0.3) is 0 Å². The molecule has 27 heavy (non-hydrogen) atoms. The fraction of sp³-hybridized carbons (Fsp3) is 0.667. The average molecular weight is 405 g/mol. The van der Waals surface area contributed by atoms with E-state index < -0.39 is 54.3 Å². The molecule has 4 unspecified atom stereocenters. The molecule has 0 aliphatic carbocycles. The standard InChI is InChI=1S/C15H27N5O6S/c1-3-7(2)12(20-13(23)8(16)4-10(17)21)14(24)18-5-11(22)19-9(6-27)15(25)26/h7-9,12,27H,3-6,16H2,1-2H3,(H2,17,21)(H,18,24)(H,19,22)(H,20,23)(H,25,26). The van der Waals surface area contributed by atoms with Gasteiger partial charge >= 0.3 is 5.97 Å². The van der Waals surface area contributed by atoms with Gasteiger partial charge in [-0.2, -0.15) is 12.6 Å². The second-order valence-corrected chi connectivity index (χ2v) is 6.37. The highest BCUT2D eigenvalue weighted by Crippen LogP contribution is 2.08. The van der Waals surface area contributed by atoms with E-state index in [1.54, 1.807) is 13.8 Å². The molecule has 4 amide bonds. The van der Waals surface area contributed by atoms with Crippen LogP contribution < -0.4 is 27.4 Å². The van der Waals surface area contributed by atoms with E-state index in [0.717, 1.165) is 0 Å². The Kier molecular flexibility index (Phi) is 11.1. The van der Waals surface area contributed by atoms with E-state index in [0.29, 0.717) is 6.42 Å². The lowest BCUT2D eigenvalue weighted by Gasteiger charge is -2.25. The van der Waals surface area contributed by atoms with Crippen LogP contribution in [-0.2, 0) is 24.0 Å². The van der Waals surface area contributed by atoms with E-state index >= 15 is 0 Å². The molecule has 0 radical (unpaired) electrons. The van der Waals surface area contributed by atoms with Gasteiger partial charge in [-0.05, 0) is 5.92 Å². The minimum Gasteiger partial charge on any atom is -0.480 e. The molecular weight excluding hydrogens is 378 g/mol. The Hall–Kier alpha value is -2.34. The molecule has 0 aromatic carbocycles. The maximum absolute atomic E-state index is 12.3. The first-order valence-electron chi connectivity index (χ1n) is 8.28. The van der Waals surface area contributed by atoms with E-state index in [-0.39, 0.29) is 18.1 Å². The molecular formula is C15H27N5O6S. The average Bonchev–Trinajstić information content (AvgIpc) is 2.60. The maximum atomic E-state index is 12.3. The van der Waals surface area contributed by atoms with Gasteiger partial charge in [0.1, 0.15) is 12.1 Å². The number of rotatable bonds is 12. The zero-order valence-corrected chi connectivity index (χ0v) is 16.1. The smallest absolute Gasteiger partial charge is 0.327 e. The van der Waals surface area contributed by atoms with Crippen molar-refractivity contribution in [3.8, 4) is 0 Å². The lowest BCUT2D eigenvalue weighted by atomic mass is 9.97. The van der Waals surface area contributed by atoms with Crippen LogP contribution in [-0.4, -0.2) is 65.1 Å². The number of nitrogens with two attached hydrogens (primary N) is 2. The number of carboxylic acid groups (broad SMARTS) is 1. The molecule has 0 aliphatic heterocycles. The predicted molar refractivity (Wildman–Crippen MR) is 99.6 cm³/mol. The van der Waals surface area contributed by atoms with Crippen LogP contribution in [0.3, 0.4) is 0 Å². The zero-order valence-electron chi connectivity index (χ0n) is 15.2. The van der Waals surface area contributed by atoms with Crippen molar-refractivity contribution in [3.63, 3.8) is 0 Å². The number of carbonyl (C=O) groups is 5. The second-order valence-electron chi connectivity index (χ2n) is 6.01. The van der Waals surface area contributed by atoms with Crippen LogP contribution in [0.2, 0.25) is 0 Å². The molecule has 0 aliphatic rings. The number of amides is 4. The van der Waals surface area contributed by atoms with Gasteiger partial charge in [0.15, 0.2) is 0 Å². The monoisotopic (exact) mass is 405 g/mol. The summed E-state index contributed by atoms with van der Waals surface area (Å²) in [6.07, 6.45) is 0.166. The van der Waals surface area contributed by atoms with Crippen molar-refractivity contribution >= 4 is 42.2 Å². The topological polar surface area (TPSA) is 194 Å². The number of carboxylic acids is 1. The number of nitrogens with one attached hydrogen (secondary N) is 3. The number of primary amides is 1. The van der Waals surface area contributed by atoms with Crippen molar-refractivity contribution in [2.24, 2.45) is 17.4 Å². The summed E-state index contributed by atoms with van der Waals surface area (Å²) in [6, 6.07) is -3.37. The first-order chi connectivity index (χ1) is 12.5. The Labute approximate surface area is 162 Å². The number of hydrogen-bond acceptors (Lipinski definition) is 7. The van der Waals surface area contributed by atoms with Gasteiger partial charge in [-0.1, -0.05) is 20.3 Å². The van der Waals surface area contributed by atoms with Gasteiger partial charge in [0.2, 0.25) is 23.6 Å². The summed E-state index contributed by atoms with van der Waals surface area (Å²) in [5.41, 5.74) is 10.5. The molecule has 0 aromatic rings. The lowest BCUT2D eigenvalue weighted by molar-refractivity contribution is -0.141.